The number of rotatable bonds is 8. The second-order valence-corrected chi connectivity index (χ2v) is 5.91. The van der Waals surface area contributed by atoms with E-state index in [4.69, 9.17) is 14.7 Å². The van der Waals surface area contributed by atoms with Crippen molar-refractivity contribution >= 4 is 12.2 Å². The zero-order chi connectivity index (χ0) is 18.1. The lowest BCUT2D eigenvalue weighted by Crippen LogP contribution is -2.28. The lowest BCUT2D eigenvalue weighted by atomic mass is 10.1. The molecule has 1 fully saturated rings. The number of hydrogen-bond acceptors (Lipinski definition) is 6. The number of nitrogens with zero attached hydrogens (tertiary/aromatic N) is 3. The van der Waals surface area contributed by atoms with Gasteiger partial charge in [-0.25, -0.2) is 0 Å². The molecule has 0 spiro atoms. The van der Waals surface area contributed by atoms with Gasteiger partial charge in [0.1, 0.15) is 5.75 Å². The van der Waals surface area contributed by atoms with Crippen molar-refractivity contribution in [1.82, 2.24) is 4.90 Å². The van der Waals surface area contributed by atoms with Crippen molar-refractivity contribution in [3.05, 3.63) is 29.8 Å². The number of nitriles is 1. The summed E-state index contributed by atoms with van der Waals surface area (Å²) in [7, 11) is 1.65. The normalized spacial score (nSPS) is 17.2. The average molecular weight is 343 g/mol. The topological polar surface area (TPSA) is 74.9 Å². The highest BCUT2D eigenvalue weighted by molar-refractivity contribution is 5.92. The Hall–Kier alpha value is -2.39. The number of esters is 1. The predicted molar refractivity (Wildman–Crippen MR) is 95.6 cm³/mol. The van der Waals surface area contributed by atoms with Gasteiger partial charge in [-0.05, 0) is 50.6 Å². The average Bonchev–Trinajstić information content (AvgIpc) is 3.16. The Bertz CT molecular complexity index is 616. The van der Waals surface area contributed by atoms with Crippen LogP contribution in [0.3, 0.4) is 0 Å². The van der Waals surface area contributed by atoms with Gasteiger partial charge in [0.15, 0.2) is 5.92 Å². The Balaban J connectivity index is 2.09. The molecule has 134 valence electrons. The Morgan fingerprint density at radius 1 is 1.36 bits per heavy atom. The summed E-state index contributed by atoms with van der Waals surface area (Å²) in [6.45, 7) is 4.55. The lowest BCUT2D eigenvalue weighted by Gasteiger charge is -2.26. The fraction of sp³-hybridized carbons (Fsp3) is 0.526. The van der Waals surface area contributed by atoms with Crippen LogP contribution < -0.4 is 4.74 Å². The fourth-order valence-corrected chi connectivity index (χ4v) is 2.96. The number of aliphatic imine (C=N–C) groups is 1. The summed E-state index contributed by atoms with van der Waals surface area (Å²) in [6.07, 6.45) is 3.77. The number of methoxy groups -OCH3 is 1. The number of hydrogen-bond donors (Lipinski definition) is 0. The van der Waals surface area contributed by atoms with Crippen LogP contribution >= 0.6 is 0 Å². The molecule has 0 aromatic heterocycles. The smallest absolute Gasteiger partial charge is 0.328 e. The van der Waals surface area contributed by atoms with E-state index < -0.39 is 11.9 Å². The summed E-state index contributed by atoms with van der Waals surface area (Å²) in [5.74, 6) is -0.676. The monoisotopic (exact) mass is 343 g/mol. The van der Waals surface area contributed by atoms with Crippen molar-refractivity contribution in [3.63, 3.8) is 0 Å². The third-order valence-electron chi connectivity index (χ3n) is 4.29. The molecule has 2 rings (SSSR count). The highest BCUT2D eigenvalue weighted by Crippen LogP contribution is 2.27. The van der Waals surface area contributed by atoms with E-state index in [1.54, 1.807) is 14.0 Å². The van der Waals surface area contributed by atoms with Crippen molar-refractivity contribution in [2.45, 2.75) is 25.8 Å². The van der Waals surface area contributed by atoms with Gasteiger partial charge in [-0.3, -0.25) is 14.7 Å². The maximum atomic E-state index is 11.7. The molecule has 0 N–H and O–H groups in total. The number of likely N-dealkylation sites (tertiary alicyclic amines) is 1. The minimum absolute atomic E-state index is 0.131. The predicted octanol–water partition coefficient (Wildman–Crippen LogP) is 2.61. The molecule has 1 heterocycles. The van der Waals surface area contributed by atoms with Gasteiger partial charge < -0.3 is 9.47 Å². The van der Waals surface area contributed by atoms with Crippen LogP contribution in [-0.2, 0) is 9.53 Å². The first kappa shape index (κ1) is 18.9. The van der Waals surface area contributed by atoms with E-state index in [1.165, 1.54) is 19.1 Å². The molecule has 1 aliphatic rings. The van der Waals surface area contributed by atoms with E-state index in [1.807, 2.05) is 30.3 Å². The van der Waals surface area contributed by atoms with E-state index in [0.29, 0.717) is 6.54 Å². The maximum Gasteiger partial charge on any atom is 0.328 e. The molecule has 0 saturated carbocycles. The van der Waals surface area contributed by atoms with E-state index >= 15 is 0 Å². The molecule has 1 aromatic carbocycles. The van der Waals surface area contributed by atoms with Gasteiger partial charge in [-0.1, -0.05) is 12.1 Å². The number of carbonyl (C=O) groups excluding carboxylic acids is 1. The van der Waals surface area contributed by atoms with Gasteiger partial charge in [-0.15, -0.1) is 0 Å². The Morgan fingerprint density at radius 3 is 2.60 bits per heavy atom. The van der Waals surface area contributed by atoms with Gasteiger partial charge in [0.25, 0.3) is 0 Å². The molecule has 1 aromatic rings. The molecular formula is C19H25N3O3. The number of benzene rings is 1. The molecular weight excluding hydrogens is 318 g/mol. The molecule has 6 nitrogen and oxygen atoms in total. The number of ether oxygens (including phenoxy) is 2. The van der Waals surface area contributed by atoms with E-state index in [-0.39, 0.29) is 12.6 Å². The van der Waals surface area contributed by atoms with Crippen LogP contribution in [0, 0.1) is 17.2 Å². The highest BCUT2D eigenvalue weighted by atomic mass is 16.5. The zero-order valence-electron chi connectivity index (χ0n) is 14.9. The minimum atomic E-state index is -0.949. The molecule has 0 amide bonds. The molecule has 25 heavy (non-hydrogen) atoms. The molecule has 0 unspecified atom stereocenters. The minimum Gasteiger partial charge on any atom is -0.497 e. The van der Waals surface area contributed by atoms with Gasteiger partial charge in [0.2, 0.25) is 0 Å². The summed E-state index contributed by atoms with van der Waals surface area (Å²) < 4.78 is 10.1. The summed E-state index contributed by atoms with van der Waals surface area (Å²) >= 11 is 0. The molecule has 2 atom stereocenters. The lowest BCUT2D eigenvalue weighted by molar-refractivity contribution is -0.143. The van der Waals surface area contributed by atoms with Gasteiger partial charge >= 0.3 is 5.97 Å². The van der Waals surface area contributed by atoms with Crippen molar-refractivity contribution in [2.24, 2.45) is 10.9 Å². The van der Waals surface area contributed by atoms with E-state index in [0.717, 1.165) is 24.4 Å². The van der Waals surface area contributed by atoms with Gasteiger partial charge in [0, 0.05) is 6.21 Å². The van der Waals surface area contributed by atoms with Crippen LogP contribution in [0.4, 0.5) is 0 Å². The van der Waals surface area contributed by atoms with Crippen LogP contribution in [0.2, 0.25) is 0 Å². The molecule has 0 aliphatic carbocycles. The van der Waals surface area contributed by atoms with Crippen LogP contribution in [0.25, 0.3) is 0 Å². The van der Waals surface area contributed by atoms with Crippen LogP contribution in [0.5, 0.6) is 5.75 Å². The first-order valence-electron chi connectivity index (χ1n) is 8.63. The maximum absolute atomic E-state index is 11.7. The van der Waals surface area contributed by atoms with Crippen LogP contribution in [0.15, 0.2) is 29.3 Å². The summed E-state index contributed by atoms with van der Waals surface area (Å²) in [6, 6.07) is 10.0. The zero-order valence-corrected chi connectivity index (χ0v) is 14.9. The third kappa shape index (κ3) is 5.30. The molecule has 0 bridgehead atoms. The summed E-state index contributed by atoms with van der Waals surface area (Å²) in [5, 5.41) is 9.11. The van der Waals surface area contributed by atoms with E-state index in [2.05, 4.69) is 9.89 Å². The van der Waals surface area contributed by atoms with E-state index in [9.17, 15) is 4.79 Å². The third-order valence-corrected chi connectivity index (χ3v) is 4.29. The van der Waals surface area contributed by atoms with Crippen molar-refractivity contribution < 1.29 is 14.3 Å². The van der Waals surface area contributed by atoms with Crippen molar-refractivity contribution in [1.29, 1.82) is 5.26 Å². The standard InChI is InChI=1S/C19H25N3O3/c1-3-25-19(23)16(12-20)13-21-14-18(22-10-4-5-11-22)15-6-8-17(24-2)9-7-15/h6-9,13,16,18H,3-5,10-11,14H2,1-2H3/t16-,18-/m0/s1. The first-order valence-corrected chi connectivity index (χ1v) is 8.63. The quantitative estimate of drug-likeness (QED) is 0.536. The fourth-order valence-electron chi connectivity index (χ4n) is 2.96. The molecule has 6 heteroatoms. The second-order valence-electron chi connectivity index (χ2n) is 5.91. The Morgan fingerprint density at radius 2 is 2.04 bits per heavy atom. The summed E-state index contributed by atoms with van der Waals surface area (Å²) in [4.78, 5) is 18.5. The van der Waals surface area contributed by atoms with Crippen LogP contribution in [0.1, 0.15) is 31.4 Å². The van der Waals surface area contributed by atoms with Crippen LogP contribution in [-0.4, -0.2) is 50.4 Å². The highest BCUT2D eigenvalue weighted by Gasteiger charge is 2.23. The Labute approximate surface area is 149 Å². The van der Waals surface area contributed by atoms with Crippen molar-refractivity contribution in [2.75, 3.05) is 33.4 Å². The summed E-state index contributed by atoms with van der Waals surface area (Å²) in [5.41, 5.74) is 1.16. The van der Waals surface area contributed by atoms with Gasteiger partial charge in [0.05, 0.1) is 32.4 Å². The largest absolute Gasteiger partial charge is 0.497 e. The SMILES string of the molecule is CCOC(=O)[C@@H](C#N)C=NC[C@@H](c1ccc(OC)cc1)N1CCCC1. The molecule has 1 saturated heterocycles. The van der Waals surface area contributed by atoms with Gasteiger partial charge in [-0.2, -0.15) is 5.26 Å². The first-order chi connectivity index (χ1) is 12.2. The van der Waals surface area contributed by atoms with Crippen molar-refractivity contribution in [3.8, 4) is 11.8 Å². The molecule has 1 aliphatic heterocycles. The second kappa shape index (κ2) is 9.80. The molecule has 0 radical (unpaired) electrons. The Kier molecular flexibility index (Phi) is 7.42. The number of carbonyl (C=O) groups is 1.